The largest absolute Gasteiger partial charge is 0.399 e. The van der Waals surface area contributed by atoms with E-state index in [1.807, 2.05) is 23.2 Å². The van der Waals surface area contributed by atoms with E-state index < -0.39 is 0 Å². The van der Waals surface area contributed by atoms with Crippen LogP contribution in [0.1, 0.15) is 5.82 Å². The van der Waals surface area contributed by atoms with Crippen molar-refractivity contribution in [2.75, 3.05) is 18.8 Å². The van der Waals surface area contributed by atoms with Crippen molar-refractivity contribution in [2.45, 2.75) is 13.0 Å². The second-order valence-electron chi connectivity index (χ2n) is 4.21. The molecule has 2 aromatic rings. The first kappa shape index (κ1) is 9.62. The number of aromatic nitrogens is 2. The third-order valence-electron chi connectivity index (χ3n) is 3.08. The molecule has 1 aliphatic rings. The van der Waals surface area contributed by atoms with E-state index in [1.54, 1.807) is 0 Å². The number of fused-ring (bicyclic) bond motifs is 3. The molecule has 16 heavy (non-hydrogen) atoms. The van der Waals surface area contributed by atoms with Crippen molar-refractivity contribution >= 4 is 16.7 Å². The van der Waals surface area contributed by atoms with E-state index >= 15 is 0 Å². The molecule has 0 radical (unpaired) electrons. The molecule has 0 amide bonds. The number of nitrogens with zero attached hydrogens (tertiary/aromatic N) is 3. The molecular formula is C11H15N5. The molecule has 0 atom stereocenters. The van der Waals surface area contributed by atoms with Gasteiger partial charge in [-0.1, -0.05) is 0 Å². The van der Waals surface area contributed by atoms with Gasteiger partial charge in [-0.2, -0.15) is 0 Å². The van der Waals surface area contributed by atoms with Crippen molar-refractivity contribution in [2.24, 2.45) is 5.84 Å². The lowest BCUT2D eigenvalue weighted by atomic mass is 10.3. The van der Waals surface area contributed by atoms with Gasteiger partial charge in [-0.3, -0.25) is 5.84 Å². The van der Waals surface area contributed by atoms with Gasteiger partial charge in [-0.25, -0.2) is 9.99 Å². The summed E-state index contributed by atoms with van der Waals surface area (Å²) >= 11 is 0. The minimum Gasteiger partial charge on any atom is -0.399 e. The summed E-state index contributed by atoms with van der Waals surface area (Å²) < 4.78 is 2.24. The number of hydrogen-bond acceptors (Lipinski definition) is 4. The normalized spacial score (nSPS) is 17.3. The highest BCUT2D eigenvalue weighted by Crippen LogP contribution is 2.20. The number of imidazole rings is 1. The summed E-state index contributed by atoms with van der Waals surface area (Å²) in [6.45, 7) is 2.62. The Morgan fingerprint density at radius 3 is 2.94 bits per heavy atom. The molecular weight excluding hydrogens is 202 g/mol. The van der Waals surface area contributed by atoms with Crippen LogP contribution in [0.15, 0.2) is 18.2 Å². The lowest BCUT2D eigenvalue weighted by molar-refractivity contribution is 0.290. The second-order valence-corrected chi connectivity index (χ2v) is 4.21. The molecule has 1 aromatic heterocycles. The van der Waals surface area contributed by atoms with Crippen LogP contribution in [0.25, 0.3) is 11.0 Å². The van der Waals surface area contributed by atoms with E-state index in [0.29, 0.717) is 0 Å². The number of hydrazine groups is 1. The van der Waals surface area contributed by atoms with Crippen LogP contribution < -0.4 is 11.6 Å². The molecule has 4 N–H and O–H groups in total. The van der Waals surface area contributed by atoms with E-state index in [1.165, 1.54) is 0 Å². The zero-order valence-electron chi connectivity index (χ0n) is 9.06. The SMILES string of the molecule is Nc1ccc2c(c1)nc1n2CCN(N)CC1. The van der Waals surface area contributed by atoms with E-state index in [2.05, 4.69) is 9.55 Å². The topological polar surface area (TPSA) is 73.1 Å². The molecule has 5 nitrogen and oxygen atoms in total. The maximum absolute atomic E-state index is 5.81. The first-order chi connectivity index (χ1) is 7.74. The fraction of sp³-hybridized carbons (Fsp3) is 0.364. The monoisotopic (exact) mass is 217 g/mol. The number of nitrogen functional groups attached to an aromatic ring is 1. The number of hydrogen-bond donors (Lipinski definition) is 2. The molecule has 2 heterocycles. The highest BCUT2D eigenvalue weighted by Gasteiger charge is 2.15. The minimum absolute atomic E-state index is 0.765. The van der Waals surface area contributed by atoms with Gasteiger partial charge in [-0.05, 0) is 18.2 Å². The van der Waals surface area contributed by atoms with Gasteiger partial charge in [0.1, 0.15) is 5.82 Å². The van der Waals surface area contributed by atoms with E-state index in [4.69, 9.17) is 11.6 Å². The van der Waals surface area contributed by atoms with Gasteiger partial charge >= 0.3 is 0 Å². The summed E-state index contributed by atoms with van der Waals surface area (Å²) in [6.07, 6.45) is 0.894. The van der Waals surface area contributed by atoms with Gasteiger partial charge in [0, 0.05) is 31.7 Å². The van der Waals surface area contributed by atoms with Crippen molar-refractivity contribution in [3.63, 3.8) is 0 Å². The Morgan fingerprint density at radius 2 is 2.06 bits per heavy atom. The van der Waals surface area contributed by atoms with Crippen LogP contribution in [0.4, 0.5) is 5.69 Å². The molecule has 1 aliphatic heterocycles. The fourth-order valence-corrected chi connectivity index (χ4v) is 2.22. The van der Waals surface area contributed by atoms with Crippen molar-refractivity contribution in [1.82, 2.24) is 14.6 Å². The quantitative estimate of drug-likeness (QED) is 0.493. The summed E-state index contributed by atoms with van der Waals surface area (Å²) in [7, 11) is 0. The summed E-state index contributed by atoms with van der Waals surface area (Å²) in [5.41, 5.74) is 8.66. The zero-order chi connectivity index (χ0) is 11.1. The molecule has 0 saturated carbocycles. The van der Waals surface area contributed by atoms with Crippen LogP contribution in [-0.4, -0.2) is 27.6 Å². The lowest BCUT2D eigenvalue weighted by Crippen LogP contribution is -2.33. The molecule has 3 rings (SSSR count). The lowest BCUT2D eigenvalue weighted by Gasteiger charge is -2.11. The van der Waals surface area contributed by atoms with Gasteiger partial charge < -0.3 is 10.3 Å². The van der Waals surface area contributed by atoms with Crippen molar-refractivity contribution in [3.05, 3.63) is 24.0 Å². The third-order valence-corrected chi connectivity index (χ3v) is 3.08. The Kier molecular flexibility index (Phi) is 2.08. The van der Waals surface area contributed by atoms with Crippen LogP contribution in [-0.2, 0) is 13.0 Å². The fourth-order valence-electron chi connectivity index (χ4n) is 2.22. The van der Waals surface area contributed by atoms with Gasteiger partial charge in [0.25, 0.3) is 0 Å². The van der Waals surface area contributed by atoms with Crippen molar-refractivity contribution in [1.29, 1.82) is 0 Å². The average molecular weight is 217 g/mol. The van der Waals surface area contributed by atoms with Gasteiger partial charge in [0.15, 0.2) is 0 Å². The zero-order valence-corrected chi connectivity index (χ0v) is 9.06. The van der Waals surface area contributed by atoms with Crippen LogP contribution in [0.5, 0.6) is 0 Å². The second kappa shape index (κ2) is 3.47. The summed E-state index contributed by atoms with van der Waals surface area (Å²) in [5, 5.41) is 1.85. The predicted molar refractivity (Wildman–Crippen MR) is 63.6 cm³/mol. The molecule has 84 valence electrons. The number of rotatable bonds is 0. The van der Waals surface area contributed by atoms with E-state index in [0.717, 1.165) is 48.6 Å². The maximum atomic E-state index is 5.81. The highest BCUT2D eigenvalue weighted by atomic mass is 15.4. The summed E-state index contributed by atoms with van der Waals surface area (Å²) in [6, 6.07) is 5.88. The molecule has 0 aliphatic carbocycles. The Morgan fingerprint density at radius 1 is 1.19 bits per heavy atom. The number of nitrogens with two attached hydrogens (primary N) is 2. The highest BCUT2D eigenvalue weighted by molar-refractivity contribution is 5.79. The Balaban J connectivity index is 2.15. The van der Waals surface area contributed by atoms with Crippen LogP contribution in [0.3, 0.4) is 0 Å². The molecule has 0 saturated heterocycles. The first-order valence-electron chi connectivity index (χ1n) is 5.48. The number of benzene rings is 1. The van der Waals surface area contributed by atoms with E-state index in [-0.39, 0.29) is 0 Å². The smallest absolute Gasteiger partial charge is 0.111 e. The summed E-state index contributed by atoms with van der Waals surface area (Å²) in [5.74, 6) is 6.92. The Hall–Kier alpha value is -1.59. The minimum atomic E-state index is 0.765. The predicted octanol–water partition coefficient (Wildman–Crippen LogP) is 0.350. The molecule has 0 spiro atoms. The number of anilines is 1. The van der Waals surface area contributed by atoms with Crippen LogP contribution in [0, 0.1) is 0 Å². The van der Waals surface area contributed by atoms with Gasteiger partial charge in [0.2, 0.25) is 0 Å². The standard InChI is InChI=1S/C11H15N5/c12-8-1-2-10-9(7-8)14-11-3-4-15(13)5-6-16(10)11/h1-2,7H,3-6,12-13H2. The van der Waals surface area contributed by atoms with Crippen LogP contribution >= 0.6 is 0 Å². The van der Waals surface area contributed by atoms with E-state index in [9.17, 15) is 0 Å². The first-order valence-corrected chi connectivity index (χ1v) is 5.48. The molecule has 0 fully saturated rings. The molecule has 1 aromatic carbocycles. The van der Waals surface area contributed by atoms with Crippen molar-refractivity contribution < 1.29 is 0 Å². The Labute approximate surface area is 93.6 Å². The maximum Gasteiger partial charge on any atom is 0.111 e. The molecule has 5 heteroatoms. The molecule has 0 bridgehead atoms. The van der Waals surface area contributed by atoms with Crippen LogP contribution in [0.2, 0.25) is 0 Å². The third kappa shape index (κ3) is 1.45. The summed E-state index contributed by atoms with van der Waals surface area (Å²) in [4.78, 5) is 4.61. The Bertz CT molecular complexity index is 530. The van der Waals surface area contributed by atoms with Crippen molar-refractivity contribution in [3.8, 4) is 0 Å². The molecule has 0 unspecified atom stereocenters. The average Bonchev–Trinajstić information content (AvgIpc) is 2.50. The van der Waals surface area contributed by atoms with Gasteiger partial charge in [0.05, 0.1) is 11.0 Å². The van der Waals surface area contributed by atoms with Gasteiger partial charge in [-0.15, -0.1) is 0 Å².